The molecule has 0 atom stereocenters. The molecule has 3 aromatic rings. The van der Waals surface area contributed by atoms with Crippen molar-refractivity contribution in [2.75, 3.05) is 29.0 Å². The molecule has 4 rings (SSSR count). The minimum absolute atomic E-state index is 0.0507. The summed E-state index contributed by atoms with van der Waals surface area (Å²) in [5.74, 6) is -0.158. The van der Waals surface area contributed by atoms with E-state index in [-0.39, 0.29) is 27.8 Å². The lowest BCUT2D eigenvalue weighted by Gasteiger charge is -2.31. The van der Waals surface area contributed by atoms with Crippen LogP contribution in [0, 0.1) is 0 Å². The van der Waals surface area contributed by atoms with Crippen LogP contribution in [0.1, 0.15) is 41.5 Å². The van der Waals surface area contributed by atoms with Crippen molar-refractivity contribution in [3.8, 4) is 5.75 Å². The Labute approximate surface area is 231 Å². The maximum Gasteiger partial charge on any atom is 0.338 e. The van der Waals surface area contributed by atoms with E-state index in [9.17, 15) is 18.0 Å². The monoisotopic (exact) mass is 574 g/mol. The number of hydrogen-bond acceptors (Lipinski definition) is 7. The van der Waals surface area contributed by atoms with Crippen LogP contribution in [-0.2, 0) is 14.8 Å². The molecule has 1 N–H and O–H groups in total. The molecule has 38 heavy (non-hydrogen) atoms. The fourth-order valence-corrected chi connectivity index (χ4v) is 6.83. The SMILES string of the molecule is COc1ccc(Cl)cc1S(=O)(=O)N1CCSc2ccc(C(=O)Nc3ccc(C(=O)OC(C)(C)C)cc3)cc21. The van der Waals surface area contributed by atoms with E-state index in [2.05, 4.69) is 5.32 Å². The first-order valence-corrected chi connectivity index (χ1v) is 14.5. The number of nitrogens with zero attached hydrogens (tertiary/aromatic N) is 1. The Bertz CT molecular complexity index is 1480. The van der Waals surface area contributed by atoms with Crippen LogP contribution in [0.2, 0.25) is 5.02 Å². The maximum atomic E-state index is 13.7. The highest BCUT2D eigenvalue weighted by atomic mass is 35.5. The Hall–Kier alpha value is -3.21. The van der Waals surface area contributed by atoms with Gasteiger partial charge >= 0.3 is 5.97 Å². The average molecular weight is 575 g/mol. The van der Waals surface area contributed by atoms with Gasteiger partial charge in [-0.25, -0.2) is 13.2 Å². The zero-order valence-electron chi connectivity index (χ0n) is 21.3. The smallest absolute Gasteiger partial charge is 0.338 e. The Morgan fingerprint density at radius 3 is 2.34 bits per heavy atom. The average Bonchev–Trinajstić information content (AvgIpc) is 2.87. The second-order valence-electron chi connectivity index (χ2n) is 9.44. The van der Waals surface area contributed by atoms with E-state index >= 15 is 0 Å². The number of carbonyl (C=O) groups is 2. The number of ether oxygens (including phenoxy) is 2. The van der Waals surface area contributed by atoms with Gasteiger partial charge < -0.3 is 14.8 Å². The molecule has 11 heteroatoms. The number of benzene rings is 3. The van der Waals surface area contributed by atoms with E-state index in [0.29, 0.717) is 22.7 Å². The summed E-state index contributed by atoms with van der Waals surface area (Å²) in [4.78, 5) is 26.0. The van der Waals surface area contributed by atoms with E-state index in [0.717, 1.165) is 4.90 Å². The van der Waals surface area contributed by atoms with Crippen molar-refractivity contribution in [1.82, 2.24) is 0 Å². The second kappa shape index (κ2) is 10.9. The predicted octanol–water partition coefficient (Wildman–Crippen LogP) is 5.86. The van der Waals surface area contributed by atoms with Gasteiger partial charge in [-0.15, -0.1) is 11.8 Å². The third kappa shape index (κ3) is 6.09. The van der Waals surface area contributed by atoms with E-state index in [1.165, 1.54) is 35.3 Å². The fraction of sp³-hybridized carbons (Fsp3) is 0.259. The number of anilines is 2. The van der Waals surface area contributed by atoms with Crippen molar-refractivity contribution >= 4 is 56.6 Å². The number of fused-ring (bicyclic) bond motifs is 1. The molecule has 0 spiro atoms. The van der Waals surface area contributed by atoms with Crippen LogP contribution >= 0.6 is 23.4 Å². The minimum Gasteiger partial charge on any atom is -0.495 e. The number of nitrogens with one attached hydrogen (secondary N) is 1. The largest absolute Gasteiger partial charge is 0.495 e. The van der Waals surface area contributed by atoms with E-state index in [1.54, 1.807) is 69.3 Å². The van der Waals surface area contributed by atoms with Gasteiger partial charge in [0.1, 0.15) is 16.2 Å². The molecule has 1 heterocycles. The van der Waals surface area contributed by atoms with Crippen molar-refractivity contribution < 1.29 is 27.5 Å². The maximum absolute atomic E-state index is 13.7. The van der Waals surface area contributed by atoms with Crippen LogP contribution in [0.15, 0.2) is 70.5 Å². The van der Waals surface area contributed by atoms with Crippen LogP contribution in [-0.4, -0.2) is 45.3 Å². The van der Waals surface area contributed by atoms with Crippen molar-refractivity contribution in [2.24, 2.45) is 0 Å². The topological polar surface area (TPSA) is 102 Å². The van der Waals surface area contributed by atoms with Crippen molar-refractivity contribution in [2.45, 2.75) is 36.2 Å². The molecule has 1 aliphatic heterocycles. The number of hydrogen-bond donors (Lipinski definition) is 1. The van der Waals surface area contributed by atoms with Gasteiger partial charge in [-0.3, -0.25) is 9.10 Å². The Morgan fingerprint density at radius 1 is 1.00 bits per heavy atom. The molecule has 0 aliphatic carbocycles. The summed E-state index contributed by atoms with van der Waals surface area (Å²) in [6, 6.07) is 15.7. The zero-order chi connectivity index (χ0) is 27.7. The van der Waals surface area contributed by atoms with Gasteiger partial charge in [0.15, 0.2) is 0 Å². The number of carbonyl (C=O) groups excluding carboxylic acids is 2. The van der Waals surface area contributed by atoms with Crippen LogP contribution < -0.4 is 14.4 Å². The molecule has 0 saturated heterocycles. The molecule has 0 fully saturated rings. The third-order valence-corrected chi connectivity index (χ3v) is 8.63. The molecule has 0 aromatic heterocycles. The van der Waals surface area contributed by atoms with Crippen molar-refractivity contribution in [3.05, 3.63) is 76.8 Å². The summed E-state index contributed by atoms with van der Waals surface area (Å²) in [5, 5.41) is 3.05. The minimum atomic E-state index is -4.03. The first-order chi connectivity index (χ1) is 17.9. The molecule has 3 aromatic carbocycles. The molecule has 0 unspecified atom stereocenters. The first-order valence-electron chi connectivity index (χ1n) is 11.7. The quantitative estimate of drug-likeness (QED) is 0.368. The van der Waals surface area contributed by atoms with Gasteiger partial charge in [-0.05, 0) is 81.4 Å². The van der Waals surface area contributed by atoms with Crippen molar-refractivity contribution in [1.29, 1.82) is 0 Å². The van der Waals surface area contributed by atoms with Crippen LogP contribution in [0.5, 0.6) is 5.75 Å². The van der Waals surface area contributed by atoms with Gasteiger partial charge in [0.2, 0.25) is 0 Å². The summed E-state index contributed by atoms with van der Waals surface area (Å²) in [6.07, 6.45) is 0. The lowest BCUT2D eigenvalue weighted by atomic mass is 10.1. The van der Waals surface area contributed by atoms with E-state index in [1.807, 2.05) is 0 Å². The highest BCUT2D eigenvalue weighted by Crippen LogP contribution is 2.40. The molecular formula is C27H27ClN2O6S2. The van der Waals surface area contributed by atoms with Gasteiger partial charge in [0, 0.05) is 33.5 Å². The summed E-state index contributed by atoms with van der Waals surface area (Å²) in [7, 11) is -2.64. The normalized spacial score (nSPS) is 13.4. The molecule has 0 saturated carbocycles. The molecule has 0 radical (unpaired) electrons. The summed E-state index contributed by atoms with van der Waals surface area (Å²) in [5.41, 5.74) is 0.897. The number of thioether (sulfide) groups is 1. The molecule has 1 aliphatic rings. The van der Waals surface area contributed by atoms with Gasteiger partial charge in [0.25, 0.3) is 15.9 Å². The van der Waals surface area contributed by atoms with E-state index < -0.39 is 27.5 Å². The van der Waals surface area contributed by atoms with Crippen LogP contribution in [0.4, 0.5) is 11.4 Å². The number of amides is 1. The molecule has 1 amide bonds. The molecule has 200 valence electrons. The van der Waals surface area contributed by atoms with Gasteiger partial charge in [0.05, 0.1) is 18.4 Å². The van der Waals surface area contributed by atoms with Crippen LogP contribution in [0.3, 0.4) is 0 Å². The highest BCUT2D eigenvalue weighted by Gasteiger charge is 2.32. The number of esters is 1. The standard InChI is InChI=1S/C27H27ClN2O6S2/c1-27(2,3)36-26(32)17-5-9-20(10-6-17)29-25(31)18-7-12-23-21(15-18)30(13-14-37-23)38(33,34)24-16-19(28)8-11-22(24)35-4/h5-12,15-16H,13-14H2,1-4H3,(H,29,31). The first kappa shape index (κ1) is 27.8. The van der Waals surface area contributed by atoms with Gasteiger partial charge in [-0.1, -0.05) is 11.6 Å². The molecule has 0 bridgehead atoms. The predicted molar refractivity (Wildman–Crippen MR) is 149 cm³/mol. The number of sulfonamides is 1. The number of halogens is 1. The summed E-state index contributed by atoms with van der Waals surface area (Å²) < 4.78 is 39.3. The highest BCUT2D eigenvalue weighted by molar-refractivity contribution is 8.00. The summed E-state index contributed by atoms with van der Waals surface area (Å²) in [6.45, 7) is 5.57. The zero-order valence-corrected chi connectivity index (χ0v) is 23.7. The Morgan fingerprint density at radius 2 is 1.68 bits per heavy atom. The molecule has 8 nitrogen and oxygen atoms in total. The number of methoxy groups -OCH3 is 1. The summed E-state index contributed by atoms with van der Waals surface area (Å²) >= 11 is 7.61. The lowest BCUT2D eigenvalue weighted by Crippen LogP contribution is -2.36. The van der Waals surface area contributed by atoms with Gasteiger partial charge in [-0.2, -0.15) is 0 Å². The fourth-order valence-electron chi connectivity index (χ4n) is 3.78. The Balaban J connectivity index is 1.59. The van der Waals surface area contributed by atoms with Crippen LogP contribution in [0.25, 0.3) is 0 Å². The molecular weight excluding hydrogens is 548 g/mol. The Kier molecular flexibility index (Phi) is 7.96. The van der Waals surface area contributed by atoms with E-state index in [4.69, 9.17) is 21.1 Å². The van der Waals surface area contributed by atoms with Crippen molar-refractivity contribution in [3.63, 3.8) is 0 Å². The second-order valence-corrected chi connectivity index (χ2v) is 12.8. The lowest BCUT2D eigenvalue weighted by molar-refractivity contribution is 0.00694. The third-order valence-electron chi connectivity index (χ3n) is 5.51. The number of rotatable bonds is 6.